The summed E-state index contributed by atoms with van der Waals surface area (Å²) in [5.74, 6) is 0.586. The van der Waals surface area contributed by atoms with E-state index in [1.807, 2.05) is 12.1 Å². The highest BCUT2D eigenvalue weighted by molar-refractivity contribution is 7.07. The minimum absolute atomic E-state index is 0.251. The van der Waals surface area contributed by atoms with Gasteiger partial charge in [0.25, 0.3) is 0 Å². The first kappa shape index (κ1) is 15.7. The normalized spacial score (nSPS) is 13.4. The van der Waals surface area contributed by atoms with Gasteiger partial charge in [0.15, 0.2) is 10.6 Å². The molecule has 0 saturated carbocycles. The summed E-state index contributed by atoms with van der Waals surface area (Å²) in [4.78, 5) is 5.58. The average molecular weight is 330 g/mol. The van der Waals surface area contributed by atoms with Gasteiger partial charge in [0.05, 0.1) is 17.6 Å². The smallest absolute Gasteiger partial charge is 0.190 e. The molecule has 2 aromatic heterocycles. The van der Waals surface area contributed by atoms with Crippen LogP contribution < -0.4 is 4.80 Å². The molecule has 0 bridgehead atoms. The van der Waals surface area contributed by atoms with Crippen molar-refractivity contribution in [1.82, 2.24) is 4.57 Å². The molecule has 3 rings (SSSR count). The minimum atomic E-state index is -0.251. The Labute approximate surface area is 138 Å². The van der Waals surface area contributed by atoms with Crippen LogP contribution in [-0.2, 0) is 0 Å². The van der Waals surface area contributed by atoms with Crippen LogP contribution in [0, 0.1) is 5.82 Å². The van der Waals surface area contributed by atoms with Gasteiger partial charge in [-0.1, -0.05) is 13.3 Å². The summed E-state index contributed by atoms with van der Waals surface area (Å²) in [6.07, 6.45) is 3.83. The van der Waals surface area contributed by atoms with E-state index in [0.29, 0.717) is 6.04 Å². The molecule has 1 atom stereocenters. The van der Waals surface area contributed by atoms with E-state index in [4.69, 9.17) is 4.42 Å². The van der Waals surface area contributed by atoms with Gasteiger partial charge in [0.1, 0.15) is 5.82 Å². The topological polar surface area (TPSA) is 30.4 Å². The molecule has 0 aliphatic rings. The van der Waals surface area contributed by atoms with Crippen LogP contribution in [0.1, 0.15) is 32.7 Å². The van der Waals surface area contributed by atoms with Crippen molar-refractivity contribution in [3.8, 4) is 11.5 Å². The van der Waals surface area contributed by atoms with Crippen molar-refractivity contribution in [2.75, 3.05) is 0 Å². The van der Waals surface area contributed by atoms with Crippen LogP contribution in [-0.4, -0.2) is 4.57 Å². The highest BCUT2D eigenvalue weighted by atomic mass is 32.1. The molecule has 2 heterocycles. The molecule has 120 valence electrons. The van der Waals surface area contributed by atoms with Crippen LogP contribution in [0.4, 0.5) is 10.1 Å². The number of nitrogens with zero attached hydrogens (tertiary/aromatic N) is 2. The van der Waals surface area contributed by atoms with Crippen LogP contribution in [0.2, 0.25) is 0 Å². The second-order valence-electron chi connectivity index (χ2n) is 5.48. The molecule has 5 heteroatoms. The van der Waals surface area contributed by atoms with Crippen LogP contribution in [0.25, 0.3) is 11.5 Å². The van der Waals surface area contributed by atoms with E-state index in [2.05, 4.69) is 28.8 Å². The second kappa shape index (κ2) is 6.96. The number of halogens is 1. The summed E-state index contributed by atoms with van der Waals surface area (Å²) < 4.78 is 20.8. The SMILES string of the molecule is CCCC(C)n1c(-c2ccco2)csc1=Nc1ccc(F)cc1. The molecular formula is C18H19FN2OS. The number of rotatable bonds is 5. The predicted octanol–water partition coefficient (Wildman–Crippen LogP) is 5.54. The second-order valence-corrected chi connectivity index (χ2v) is 6.31. The molecule has 0 aliphatic carbocycles. The van der Waals surface area contributed by atoms with Crippen LogP contribution >= 0.6 is 11.3 Å². The third-order valence-corrected chi connectivity index (χ3v) is 4.55. The summed E-state index contributed by atoms with van der Waals surface area (Å²) >= 11 is 1.57. The third kappa shape index (κ3) is 3.45. The van der Waals surface area contributed by atoms with Crippen LogP contribution in [0.15, 0.2) is 57.5 Å². The largest absolute Gasteiger partial charge is 0.463 e. The first-order chi connectivity index (χ1) is 11.2. The fourth-order valence-corrected chi connectivity index (χ4v) is 3.60. The molecule has 0 spiro atoms. The third-order valence-electron chi connectivity index (χ3n) is 3.71. The Kier molecular flexibility index (Phi) is 4.76. The van der Waals surface area contributed by atoms with E-state index in [0.717, 1.165) is 34.8 Å². The molecule has 3 aromatic rings. The van der Waals surface area contributed by atoms with E-state index in [1.165, 1.54) is 12.1 Å². The Morgan fingerprint density at radius 1 is 1.26 bits per heavy atom. The fraction of sp³-hybridized carbons (Fsp3) is 0.278. The number of hydrogen-bond acceptors (Lipinski definition) is 3. The Morgan fingerprint density at radius 3 is 2.70 bits per heavy atom. The van der Waals surface area contributed by atoms with Crippen LogP contribution in [0.5, 0.6) is 0 Å². The van der Waals surface area contributed by atoms with E-state index in [9.17, 15) is 4.39 Å². The first-order valence-electron chi connectivity index (χ1n) is 7.73. The first-order valence-corrected chi connectivity index (χ1v) is 8.61. The molecule has 23 heavy (non-hydrogen) atoms. The predicted molar refractivity (Wildman–Crippen MR) is 91.3 cm³/mol. The van der Waals surface area contributed by atoms with Crippen molar-refractivity contribution in [3.05, 3.63) is 58.7 Å². The number of furan rings is 1. The van der Waals surface area contributed by atoms with Gasteiger partial charge >= 0.3 is 0 Å². The van der Waals surface area contributed by atoms with Crippen molar-refractivity contribution in [2.45, 2.75) is 32.7 Å². The van der Waals surface area contributed by atoms with Crippen molar-refractivity contribution in [1.29, 1.82) is 0 Å². The Morgan fingerprint density at radius 2 is 2.04 bits per heavy atom. The standard InChI is InChI=1S/C18H19FN2OS/c1-3-5-13(2)21-16(17-6-4-11-22-17)12-23-18(21)20-15-9-7-14(19)8-10-15/h4,6-13H,3,5H2,1-2H3. The number of thiazole rings is 1. The van der Waals surface area contributed by atoms with Crippen LogP contribution in [0.3, 0.4) is 0 Å². The monoisotopic (exact) mass is 330 g/mol. The number of aromatic nitrogens is 1. The van der Waals surface area contributed by atoms with Crippen molar-refractivity contribution >= 4 is 17.0 Å². The molecule has 0 saturated heterocycles. The number of benzene rings is 1. The van der Waals surface area contributed by atoms with E-state index < -0.39 is 0 Å². The van der Waals surface area contributed by atoms with Gasteiger partial charge in [-0.2, -0.15) is 0 Å². The molecule has 0 radical (unpaired) electrons. The lowest BCUT2D eigenvalue weighted by Crippen LogP contribution is -2.19. The van der Waals surface area contributed by atoms with E-state index >= 15 is 0 Å². The summed E-state index contributed by atoms with van der Waals surface area (Å²) in [6, 6.07) is 10.4. The highest BCUT2D eigenvalue weighted by Gasteiger charge is 2.15. The molecule has 0 fully saturated rings. The molecule has 0 aliphatic heterocycles. The van der Waals surface area contributed by atoms with E-state index in [-0.39, 0.29) is 5.82 Å². The lowest BCUT2D eigenvalue weighted by molar-refractivity contribution is 0.485. The van der Waals surface area contributed by atoms with Gasteiger partial charge in [0, 0.05) is 11.4 Å². The molecule has 1 aromatic carbocycles. The summed E-state index contributed by atoms with van der Waals surface area (Å²) in [6.45, 7) is 4.36. The maximum absolute atomic E-state index is 13.1. The molecule has 1 unspecified atom stereocenters. The summed E-state index contributed by atoms with van der Waals surface area (Å²) in [7, 11) is 0. The lowest BCUT2D eigenvalue weighted by Gasteiger charge is -2.15. The van der Waals surface area contributed by atoms with Gasteiger partial charge in [-0.15, -0.1) is 11.3 Å². The zero-order valence-electron chi connectivity index (χ0n) is 13.2. The lowest BCUT2D eigenvalue weighted by atomic mass is 10.2. The average Bonchev–Trinajstić information content (AvgIpc) is 3.19. The quantitative estimate of drug-likeness (QED) is 0.604. The molecule has 0 N–H and O–H groups in total. The summed E-state index contributed by atoms with van der Waals surface area (Å²) in [5.41, 5.74) is 1.78. The van der Waals surface area contributed by atoms with Gasteiger partial charge in [-0.05, 0) is 49.7 Å². The number of hydrogen-bond donors (Lipinski definition) is 0. The van der Waals surface area contributed by atoms with Gasteiger partial charge in [-0.25, -0.2) is 9.38 Å². The van der Waals surface area contributed by atoms with Crippen molar-refractivity contribution in [2.24, 2.45) is 4.99 Å². The maximum atomic E-state index is 13.1. The van der Waals surface area contributed by atoms with Crippen molar-refractivity contribution < 1.29 is 8.81 Å². The highest BCUT2D eigenvalue weighted by Crippen LogP contribution is 2.26. The molecular weight excluding hydrogens is 311 g/mol. The van der Waals surface area contributed by atoms with Gasteiger partial charge < -0.3 is 8.98 Å². The zero-order chi connectivity index (χ0) is 16.2. The van der Waals surface area contributed by atoms with E-state index in [1.54, 1.807) is 29.7 Å². The minimum Gasteiger partial charge on any atom is -0.463 e. The Balaban J connectivity index is 2.11. The van der Waals surface area contributed by atoms with Gasteiger partial charge in [0.2, 0.25) is 0 Å². The zero-order valence-corrected chi connectivity index (χ0v) is 14.0. The van der Waals surface area contributed by atoms with Crippen molar-refractivity contribution in [3.63, 3.8) is 0 Å². The maximum Gasteiger partial charge on any atom is 0.190 e. The molecule has 3 nitrogen and oxygen atoms in total. The Hall–Kier alpha value is -2.14. The van der Waals surface area contributed by atoms with Gasteiger partial charge in [-0.3, -0.25) is 0 Å². The fourth-order valence-electron chi connectivity index (χ4n) is 2.61. The Bertz CT molecular complexity index is 816. The summed E-state index contributed by atoms with van der Waals surface area (Å²) in [5, 5.41) is 2.06. The molecule has 0 amide bonds.